The molecule has 0 radical (unpaired) electrons. The SMILES string of the molecule is C=CCN1C(=O)c2ccc(C(=O)OCC(=O)N(C)C3CCS(=O)(=O)C3)cc2C1=O. The van der Waals surface area contributed by atoms with Crippen LogP contribution >= 0.6 is 0 Å². The van der Waals surface area contributed by atoms with Crippen molar-refractivity contribution in [1.82, 2.24) is 9.80 Å². The molecule has 2 aliphatic rings. The number of hydrogen-bond donors (Lipinski definition) is 0. The maximum absolute atomic E-state index is 12.3. The van der Waals surface area contributed by atoms with E-state index in [1.165, 1.54) is 36.2 Å². The van der Waals surface area contributed by atoms with Crippen LogP contribution in [0.5, 0.6) is 0 Å². The monoisotopic (exact) mass is 420 g/mol. The van der Waals surface area contributed by atoms with Gasteiger partial charge in [0.15, 0.2) is 16.4 Å². The van der Waals surface area contributed by atoms with Crippen LogP contribution in [0, 0.1) is 0 Å². The van der Waals surface area contributed by atoms with Crippen molar-refractivity contribution >= 4 is 33.5 Å². The number of rotatable bonds is 6. The Hall–Kier alpha value is -3.01. The zero-order chi connectivity index (χ0) is 21.3. The summed E-state index contributed by atoms with van der Waals surface area (Å²) in [4.78, 5) is 51.3. The van der Waals surface area contributed by atoms with Crippen LogP contribution in [0.3, 0.4) is 0 Å². The summed E-state index contributed by atoms with van der Waals surface area (Å²) < 4.78 is 28.1. The van der Waals surface area contributed by atoms with E-state index in [9.17, 15) is 27.6 Å². The van der Waals surface area contributed by atoms with Crippen molar-refractivity contribution in [3.05, 3.63) is 47.5 Å². The van der Waals surface area contributed by atoms with Gasteiger partial charge >= 0.3 is 5.97 Å². The van der Waals surface area contributed by atoms with E-state index >= 15 is 0 Å². The summed E-state index contributed by atoms with van der Waals surface area (Å²) in [5.74, 6) is -2.42. The molecule has 0 bridgehead atoms. The fourth-order valence-corrected chi connectivity index (χ4v) is 5.08. The summed E-state index contributed by atoms with van der Waals surface area (Å²) in [6.45, 7) is 3.01. The Bertz CT molecular complexity index is 1020. The van der Waals surface area contributed by atoms with Crippen molar-refractivity contribution in [3.63, 3.8) is 0 Å². The van der Waals surface area contributed by atoms with E-state index in [1.807, 2.05) is 0 Å². The molecule has 0 aromatic heterocycles. The predicted octanol–water partition coefficient (Wildman–Crippen LogP) is 0.271. The lowest BCUT2D eigenvalue weighted by Crippen LogP contribution is -2.40. The molecule has 2 aliphatic heterocycles. The maximum Gasteiger partial charge on any atom is 0.338 e. The minimum atomic E-state index is -3.14. The van der Waals surface area contributed by atoms with Gasteiger partial charge in [0.2, 0.25) is 0 Å². The number of nitrogens with zero attached hydrogens (tertiary/aromatic N) is 2. The van der Waals surface area contributed by atoms with E-state index in [4.69, 9.17) is 4.74 Å². The van der Waals surface area contributed by atoms with Crippen LogP contribution in [0.2, 0.25) is 0 Å². The highest BCUT2D eigenvalue weighted by Gasteiger charge is 2.36. The molecule has 1 atom stereocenters. The molecule has 9 nitrogen and oxygen atoms in total. The molecule has 1 aromatic carbocycles. The van der Waals surface area contributed by atoms with Gasteiger partial charge < -0.3 is 9.64 Å². The van der Waals surface area contributed by atoms with Crippen LogP contribution in [0.25, 0.3) is 0 Å². The fourth-order valence-electron chi connectivity index (χ4n) is 3.31. The molecular weight excluding hydrogens is 400 g/mol. The highest BCUT2D eigenvalue weighted by atomic mass is 32.2. The zero-order valence-corrected chi connectivity index (χ0v) is 16.6. The van der Waals surface area contributed by atoms with Crippen molar-refractivity contribution in [2.45, 2.75) is 12.5 Å². The van der Waals surface area contributed by atoms with Gasteiger partial charge in [0.05, 0.1) is 28.2 Å². The highest BCUT2D eigenvalue weighted by molar-refractivity contribution is 7.91. The molecule has 1 fully saturated rings. The number of amides is 3. The first-order valence-corrected chi connectivity index (χ1v) is 10.7. The predicted molar refractivity (Wildman–Crippen MR) is 102 cm³/mol. The van der Waals surface area contributed by atoms with Crippen LogP contribution in [-0.4, -0.2) is 79.7 Å². The van der Waals surface area contributed by atoms with E-state index in [0.717, 1.165) is 4.90 Å². The van der Waals surface area contributed by atoms with Gasteiger partial charge in [-0.25, -0.2) is 13.2 Å². The molecular formula is C19H20N2O7S. The van der Waals surface area contributed by atoms with Gasteiger partial charge in [0.25, 0.3) is 17.7 Å². The number of sulfone groups is 1. The summed E-state index contributed by atoms with van der Waals surface area (Å²) in [6, 6.07) is 3.54. The second-order valence-corrected chi connectivity index (χ2v) is 9.14. The normalized spacial score (nSPS) is 19.8. The number of carbonyl (C=O) groups is 4. The number of imide groups is 1. The van der Waals surface area contributed by atoms with Crippen LogP contribution in [0.15, 0.2) is 30.9 Å². The first-order valence-electron chi connectivity index (χ1n) is 8.89. The van der Waals surface area contributed by atoms with Crippen molar-refractivity contribution < 1.29 is 32.3 Å². The van der Waals surface area contributed by atoms with Gasteiger partial charge in [-0.3, -0.25) is 19.3 Å². The molecule has 0 saturated carbocycles. The van der Waals surface area contributed by atoms with Gasteiger partial charge in [0, 0.05) is 19.6 Å². The largest absolute Gasteiger partial charge is 0.452 e. The second kappa shape index (κ2) is 7.78. The number of likely N-dealkylation sites (N-methyl/N-ethyl adjacent to an activating group) is 1. The molecule has 10 heteroatoms. The second-order valence-electron chi connectivity index (χ2n) is 6.91. The van der Waals surface area contributed by atoms with Crippen LogP contribution in [-0.2, 0) is 19.4 Å². The Morgan fingerprint density at radius 1 is 1.28 bits per heavy atom. The third kappa shape index (κ3) is 4.07. The first-order chi connectivity index (χ1) is 13.6. The summed E-state index contributed by atoms with van der Waals surface area (Å²) in [5, 5.41) is 0. The number of hydrogen-bond acceptors (Lipinski definition) is 7. The summed E-state index contributed by atoms with van der Waals surface area (Å²) in [5.41, 5.74) is 0.307. The molecule has 2 heterocycles. The third-order valence-electron chi connectivity index (χ3n) is 4.99. The van der Waals surface area contributed by atoms with Crippen LogP contribution in [0.4, 0.5) is 0 Å². The van der Waals surface area contributed by atoms with Crippen LogP contribution < -0.4 is 0 Å². The Morgan fingerprint density at radius 2 is 1.97 bits per heavy atom. The Labute approximate surface area is 167 Å². The summed E-state index contributed by atoms with van der Waals surface area (Å²) >= 11 is 0. The number of fused-ring (bicyclic) bond motifs is 1. The number of esters is 1. The zero-order valence-electron chi connectivity index (χ0n) is 15.8. The average molecular weight is 420 g/mol. The van der Waals surface area contributed by atoms with E-state index in [1.54, 1.807) is 0 Å². The number of benzene rings is 1. The van der Waals surface area contributed by atoms with E-state index in [0.29, 0.717) is 6.42 Å². The molecule has 1 saturated heterocycles. The minimum Gasteiger partial charge on any atom is -0.452 e. The lowest BCUT2D eigenvalue weighted by Gasteiger charge is -2.23. The average Bonchev–Trinajstić information content (AvgIpc) is 3.17. The van der Waals surface area contributed by atoms with Gasteiger partial charge in [-0.15, -0.1) is 6.58 Å². The molecule has 1 unspecified atom stereocenters. The topological polar surface area (TPSA) is 118 Å². The minimum absolute atomic E-state index is 0.0276. The van der Waals surface area contributed by atoms with Crippen molar-refractivity contribution in [1.29, 1.82) is 0 Å². The highest BCUT2D eigenvalue weighted by Crippen LogP contribution is 2.24. The molecule has 1 aromatic rings. The molecule has 0 N–H and O–H groups in total. The lowest BCUT2D eigenvalue weighted by atomic mass is 10.1. The quantitative estimate of drug-likeness (QED) is 0.368. The molecule has 0 aliphatic carbocycles. The van der Waals surface area contributed by atoms with Gasteiger partial charge in [-0.05, 0) is 24.6 Å². The lowest BCUT2D eigenvalue weighted by molar-refractivity contribution is -0.134. The first kappa shape index (κ1) is 20.7. The summed E-state index contributed by atoms with van der Waals surface area (Å²) in [6.07, 6.45) is 1.77. The number of ether oxygens (including phenoxy) is 1. The number of carbonyl (C=O) groups excluding carboxylic acids is 4. The third-order valence-corrected chi connectivity index (χ3v) is 6.74. The molecule has 154 valence electrons. The van der Waals surface area contributed by atoms with E-state index < -0.39 is 46.2 Å². The fraction of sp³-hybridized carbons (Fsp3) is 0.368. The van der Waals surface area contributed by atoms with E-state index in [2.05, 4.69) is 6.58 Å². The molecule has 0 spiro atoms. The van der Waals surface area contributed by atoms with Crippen molar-refractivity contribution in [2.24, 2.45) is 0 Å². The Kier molecular flexibility index (Phi) is 5.56. The van der Waals surface area contributed by atoms with Crippen molar-refractivity contribution in [3.8, 4) is 0 Å². The van der Waals surface area contributed by atoms with Gasteiger partial charge in [-0.2, -0.15) is 0 Å². The standard InChI is InChI=1S/C19H20N2O7S/c1-3-7-21-17(23)14-5-4-12(9-15(14)18(21)24)19(25)28-10-16(22)20(2)13-6-8-29(26,27)11-13/h3-5,9,13H,1,6-8,10-11H2,2H3. The van der Waals surface area contributed by atoms with Crippen LogP contribution in [0.1, 0.15) is 37.5 Å². The van der Waals surface area contributed by atoms with Gasteiger partial charge in [0.1, 0.15) is 0 Å². The smallest absolute Gasteiger partial charge is 0.338 e. The summed E-state index contributed by atoms with van der Waals surface area (Å²) in [7, 11) is -1.68. The van der Waals surface area contributed by atoms with E-state index in [-0.39, 0.29) is 34.7 Å². The maximum atomic E-state index is 12.3. The molecule has 29 heavy (non-hydrogen) atoms. The van der Waals surface area contributed by atoms with Crippen molar-refractivity contribution in [2.75, 3.05) is 31.7 Å². The molecule has 3 rings (SSSR count). The Morgan fingerprint density at radius 3 is 2.59 bits per heavy atom. The Balaban J connectivity index is 1.64. The van der Waals surface area contributed by atoms with Gasteiger partial charge in [-0.1, -0.05) is 6.08 Å². The molecule has 3 amide bonds.